The highest BCUT2D eigenvalue weighted by Crippen LogP contribution is 2.44. The minimum absolute atomic E-state index is 0.183. The Morgan fingerprint density at radius 1 is 1.40 bits per heavy atom. The lowest BCUT2D eigenvalue weighted by Gasteiger charge is -2.53. The molecule has 108 valence electrons. The minimum atomic E-state index is -1.54. The number of carbonyl (C=O) groups excluding carboxylic acids is 2. The highest BCUT2D eigenvalue weighted by atomic mass is 32.2. The van der Waals surface area contributed by atoms with Gasteiger partial charge in [-0.25, -0.2) is 4.79 Å². The van der Waals surface area contributed by atoms with Gasteiger partial charge in [-0.3, -0.25) is 30.1 Å². The molecule has 9 nitrogen and oxygen atoms in total. The maximum Gasteiger partial charge on any atom is 0.332 e. The number of imide groups is 1. The Hall–Kier alpha value is -1.84. The summed E-state index contributed by atoms with van der Waals surface area (Å²) in [6, 6.07) is -2.06. The normalized spacial score (nSPS) is 33.4. The molecule has 1 spiro atoms. The second kappa shape index (κ2) is 4.08. The molecule has 10 heteroatoms. The van der Waals surface area contributed by atoms with E-state index in [4.69, 9.17) is 5.41 Å². The number of rotatable bonds is 1. The number of nitro groups is 1. The Morgan fingerprint density at radius 3 is 2.70 bits per heavy atom. The summed E-state index contributed by atoms with van der Waals surface area (Å²) in [6.07, 6.45) is 0.628. The van der Waals surface area contributed by atoms with Crippen LogP contribution in [0.1, 0.15) is 6.42 Å². The van der Waals surface area contributed by atoms with E-state index in [-0.39, 0.29) is 10.9 Å². The third-order valence-electron chi connectivity index (χ3n) is 4.10. The van der Waals surface area contributed by atoms with Gasteiger partial charge in [0.25, 0.3) is 0 Å². The van der Waals surface area contributed by atoms with Gasteiger partial charge in [0, 0.05) is 25.1 Å². The van der Waals surface area contributed by atoms with E-state index in [1.807, 2.05) is 0 Å². The molecule has 3 aliphatic rings. The number of carbonyl (C=O) groups is 2. The zero-order chi connectivity index (χ0) is 14.7. The lowest BCUT2D eigenvalue weighted by Crippen LogP contribution is -2.79. The molecule has 0 radical (unpaired) electrons. The summed E-state index contributed by atoms with van der Waals surface area (Å²) < 4.78 is 0. The van der Waals surface area contributed by atoms with E-state index in [9.17, 15) is 19.7 Å². The number of hydrogen-bond acceptors (Lipinski definition) is 6. The van der Waals surface area contributed by atoms with E-state index in [1.165, 1.54) is 16.8 Å². The Balaban J connectivity index is 2.17. The fourth-order valence-electron chi connectivity index (χ4n) is 3.16. The first-order chi connectivity index (χ1) is 9.41. The molecule has 0 aromatic carbocycles. The van der Waals surface area contributed by atoms with Crippen LogP contribution in [0.5, 0.6) is 0 Å². The third kappa shape index (κ3) is 1.37. The fraction of sp³-hybridized carbons (Fsp3) is 0.700. The summed E-state index contributed by atoms with van der Waals surface area (Å²) in [7, 11) is 1.26. The largest absolute Gasteiger partial charge is 0.332 e. The molecular weight excluding hydrogens is 286 g/mol. The van der Waals surface area contributed by atoms with Crippen molar-refractivity contribution in [2.45, 2.75) is 18.1 Å². The zero-order valence-corrected chi connectivity index (χ0v) is 11.6. The van der Waals surface area contributed by atoms with Gasteiger partial charge in [-0.15, -0.1) is 0 Å². The molecule has 3 amide bonds. The van der Waals surface area contributed by atoms with Crippen LogP contribution in [-0.2, 0) is 4.79 Å². The van der Waals surface area contributed by atoms with Crippen LogP contribution in [0.15, 0.2) is 0 Å². The maximum absolute atomic E-state index is 12.3. The van der Waals surface area contributed by atoms with Crippen molar-refractivity contribution in [1.82, 2.24) is 14.7 Å². The molecule has 3 fully saturated rings. The molecule has 1 N–H and O–H groups in total. The smallest absolute Gasteiger partial charge is 0.321 e. The molecule has 0 aromatic rings. The highest BCUT2D eigenvalue weighted by Gasteiger charge is 2.69. The summed E-state index contributed by atoms with van der Waals surface area (Å²) >= 11 is 1.15. The van der Waals surface area contributed by atoms with Crippen molar-refractivity contribution in [2.24, 2.45) is 0 Å². The molecule has 3 rings (SSSR count). The van der Waals surface area contributed by atoms with Crippen molar-refractivity contribution >= 4 is 28.9 Å². The Kier molecular flexibility index (Phi) is 2.68. The lowest BCUT2D eigenvalue weighted by atomic mass is 9.92. The minimum Gasteiger partial charge on any atom is -0.321 e. The van der Waals surface area contributed by atoms with Crippen LogP contribution in [0.3, 0.4) is 0 Å². The first-order valence-corrected chi connectivity index (χ1v) is 7.11. The number of hydrogen-bond donors (Lipinski definition) is 1. The number of nitrogens with zero attached hydrogens (tertiary/aromatic N) is 4. The SMILES string of the molecule is CN1C(=O)C([N+](=O)[O-])C23CSC(=N)N2CCCN3C1=O. The number of likely N-dealkylation sites (N-methyl/N-ethyl adjacent to an activating group) is 1. The summed E-state index contributed by atoms with van der Waals surface area (Å²) in [6.45, 7) is 0.822. The van der Waals surface area contributed by atoms with Gasteiger partial charge in [0.1, 0.15) is 0 Å². The van der Waals surface area contributed by atoms with E-state index in [0.717, 1.165) is 16.7 Å². The van der Waals surface area contributed by atoms with Gasteiger partial charge in [0.2, 0.25) is 5.66 Å². The van der Waals surface area contributed by atoms with Gasteiger partial charge >= 0.3 is 18.0 Å². The van der Waals surface area contributed by atoms with Crippen LogP contribution in [0, 0.1) is 15.5 Å². The highest BCUT2D eigenvalue weighted by molar-refractivity contribution is 8.14. The van der Waals surface area contributed by atoms with Gasteiger partial charge in [0.15, 0.2) is 5.17 Å². The molecule has 0 saturated carbocycles. The molecule has 0 bridgehead atoms. The number of amidine groups is 1. The quantitative estimate of drug-likeness (QED) is 0.521. The maximum atomic E-state index is 12.3. The average molecular weight is 299 g/mol. The Labute approximate surface area is 118 Å². The number of urea groups is 1. The molecule has 2 unspecified atom stereocenters. The molecule has 0 aliphatic carbocycles. The summed E-state index contributed by atoms with van der Waals surface area (Å²) in [4.78, 5) is 39.0. The molecule has 0 aromatic heterocycles. The van der Waals surface area contributed by atoms with E-state index in [2.05, 4.69) is 0 Å². The second-order valence-electron chi connectivity index (χ2n) is 5.00. The number of amides is 3. The van der Waals surface area contributed by atoms with Crippen molar-refractivity contribution in [2.75, 3.05) is 25.9 Å². The zero-order valence-electron chi connectivity index (χ0n) is 10.7. The van der Waals surface area contributed by atoms with E-state index < -0.39 is 28.6 Å². The van der Waals surface area contributed by atoms with Crippen molar-refractivity contribution in [1.29, 1.82) is 5.41 Å². The summed E-state index contributed by atoms with van der Waals surface area (Å²) in [5, 5.41) is 19.5. The van der Waals surface area contributed by atoms with Crippen molar-refractivity contribution < 1.29 is 14.5 Å². The first kappa shape index (κ1) is 13.2. The van der Waals surface area contributed by atoms with Crippen LogP contribution in [-0.4, -0.2) is 74.3 Å². The van der Waals surface area contributed by atoms with Crippen molar-refractivity contribution in [3.63, 3.8) is 0 Å². The number of nitrogens with one attached hydrogen (secondary N) is 1. The van der Waals surface area contributed by atoms with E-state index in [0.29, 0.717) is 19.5 Å². The van der Waals surface area contributed by atoms with E-state index >= 15 is 0 Å². The molecular formula is C10H13N5O4S. The molecule has 3 heterocycles. The van der Waals surface area contributed by atoms with Gasteiger partial charge < -0.3 is 4.90 Å². The Morgan fingerprint density at radius 2 is 2.05 bits per heavy atom. The topological polar surface area (TPSA) is 111 Å². The van der Waals surface area contributed by atoms with Crippen molar-refractivity contribution in [3.8, 4) is 0 Å². The first-order valence-electron chi connectivity index (χ1n) is 6.13. The monoisotopic (exact) mass is 299 g/mol. The second-order valence-corrected chi connectivity index (χ2v) is 5.96. The third-order valence-corrected chi connectivity index (χ3v) is 5.16. The Bertz CT molecular complexity index is 540. The van der Waals surface area contributed by atoms with Crippen molar-refractivity contribution in [3.05, 3.63) is 10.1 Å². The van der Waals surface area contributed by atoms with Gasteiger partial charge in [-0.2, -0.15) is 0 Å². The molecule has 20 heavy (non-hydrogen) atoms. The van der Waals surface area contributed by atoms with Gasteiger partial charge in [0.05, 0.1) is 5.75 Å². The molecule has 3 saturated heterocycles. The fourth-order valence-corrected chi connectivity index (χ4v) is 4.38. The average Bonchev–Trinajstić information content (AvgIpc) is 2.73. The predicted octanol–water partition coefficient (Wildman–Crippen LogP) is -0.391. The van der Waals surface area contributed by atoms with Crippen LogP contribution in [0.25, 0.3) is 0 Å². The molecule has 3 aliphatic heterocycles. The van der Waals surface area contributed by atoms with Crippen LogP contribution >= 0.6 is 11.8 Å². The summed E-state index contributed by atoms with van der Waals surface area (Å²) in [5.74, 6) is -0.624. The standard InChI is InChI=1S/C10H13N5O4S/c1-12-7(16)6(15(18)19)10-5-20-8(11)13(10)3-2-4-14(10)9(12)17/h6,11H,2-5H2,1H3. The molecule has 2 atom stereocenters. The van der Waals surface area contributed by atoms with Gasteiger partial charge in [-0.05, 0) is 6.42 Å². The van der Waals surface area contributed by atoms with Crippen LogP contribution in [0.4, 0.5) is 4.79 Å². The van der Waals surface area contributed by atoms with E-state index in [1.54, 1.807) is 0 Å². The predicted molar refractivity (Wildman–Crippen MR) is 69.9 cm³/mol. The number of thioether (sulfide) groups is 1. The lowest BCUT2D eigenvalue weighted by molar-refractivity contribution is -0.531. The van der Waals surface area contributed by atoms with Gasteiger partial charge in [-0.1, -0.05) is 11.8 Å². The van der Waals surface area contributed by atoms with Crippen LogP contribution < -0.4 is 0 Å². The summed E-state index contributed by atoms with van der Waals surface area (Å²) in [5.41, 5.74) is -1.32. The van der Waals surface area contributed by atoms with Crippen LogP contribution in [0.2, 0.25) is 0 Å².